The van der Waals surface area contributed by atoms with Gasteiger partial charge in [0, 0.05) is 28.9 Å². The quantitative estimate of drug-likeness (QED) is 0.813. The van der Waals surface area contributed by atoms with E-state index in [4.69, 9.17) is 14.4 Å². The highest BCUT2D eigenvalue weighted by molar-refractivity contribution is 7.09. The van der Waals surface area contributed by atoms with E-state index in [1.54, 1.807) is 12.1 Å². The molecule has 0 aliphatic carbocycles. The Labute approximate surface area is 135 Å². The molecule has 2 atom stereocenters. The Hall–Kier alpha value is -1.16. The van der Waals surface area contributed by atoms with Gasteiger partial charge in [0.25, 0.3) is 5.91 Å². The summed E-state index contributed by atoms with van der Waals surface area (Å²) >= 11 is 0. The number of rotatable bonds is 5. The lowest BCUT2D eigenvalue weighted by Gasteiger charge is -2.37. The number of fused-ring (bicyclic) bond motifs is 1. The Bertz CT molecular complexity index is 442. The second-order valence-electron chi connectivity index (χ2n) is 4.14. The van der Waals surface area contributed by atoms with E-state index in [1.165, 1.54) is 0 Å². The summed E-state index contributed by atoms with van der Waals surface area (Å²) in [7, 11) is 2.14. The number of hydrogen-bond acceptors (Lipinski definition) is 4. The van der Waals surface area contributed by atoms with Crippen LogP contribution in [0.5, 0.6) is 5.75 Å². The molecule has 0 saturated heterocycles. The summed E-state index contributed by atoms with van der Waals surface area (Å²) in [6.45, 7) is 8.24. The fourth-order valence-electron chi connectivity index (χ4n) is 2.01. The summed E-state index contributed by atoms with van der Waals surface area (Å²) in [4.78, 5) is 12.2. The fraction of sp³-hybridized carbons (Fsp3) is 0.562. The van der Waals surface area contributed by atoms with E-state index in [-0.39, 0.29) is 18.9 Å². The average molecular weight is 329 g/mol. The zero-order valence-corrected chi connectivity index (χ0v) is 15.0. The molecule has 2 rings (SSSR count). The number of aliphatic hydroxyl groups excluding tert-OH is 1. The average Bonchev–Trinajstić information content (AvgIpc) is 2.58. The summed E-state index contributed by atoms with van der Waals surface area (Å²) in [5.74, 6) is 0.381. The molecule has 2 unspecified atom stereocenters. The van der Waals surface area contributed by atoms with Crippen LogP contribution in [0.15, 0.2) is 24.3 Å². The van der Waals surface area contributed by atoms with Crippen molar-refractivity contribution in [2.45, 2.75) is 46.1 Å². The van der Waals surface area contributed by atoms with Gasteiger partial charge in [0.2, 0.25) is 0 Å². The molecule has 0 bridgehead atoms. The number of para-hydroxylation sites is 2. The normalized spacial score (nSPS) is 18.5. The van der Waals surface area contributed by atoms with Crippen LogP contribution in [-0.2, 0) is 9.32 Å². The van der Waals surface area contributed by atoms with E-state index in [9.17, 15) is 4.79 Å². The van der Waals surface area contributed by atoms with Gasteiger partial charge in [-0.1, -0.05) is 39.8 Å². The predicted octanol–water partition coefficient (Wildman–Crippen LogP) is 3.39. The first-order chi connectivity index (χ1) is 10.7. The van der Waals surface area contributed by atoms with Crippen LogP contribution < -0.4 is 10.1 Å². The lowest BCUT2D eigenvalue weighted by atomic mass is 9.93. The molecule has 0 radical (unpaired) electrons. The summed E-state index contributed by atoms with van der Waals surface area (Å²) in [6, 6.07) is 7.24. The maximum absolute atomic E-state index is 12.2. The molecule has 1 aliphatic heterocycles. The summed E-state index contributed by atoms with van der Waals surface area (Å²) < 4.78 is 10.7. The monoisotopic (exact) mass is 329 g/mol. The minimum absolute atomic E-state index is 0.119. The van der Waals surface area contributed by atoms with E-state index < -0.39 is 5.60 Å². The second kappa shape index (κ2) is 11.4. The molecule has 0 fully saturated rings. The van der Waals surface area contributed by atoms with Crippen LogP contribution >= 0.6 is 9.47 Å². The molecule has 1 aliphatic rings. The Kier molecular flexibility index (Phi) is 10.8. The van der Waals surface area contributed by atoms with E-state index >= 15 is 0 Å². The van der Waals surface area contributed by atoms with Crippen molar-refractivity contribution in [1.29, 1.82) is 0 Å². The Morgan fingerprint density at radius 3 is 2.45 bits per heavy atom. The molecular formula is C16H28NO4P. The minimum atomic E-state index is -1.06. The maximum atomic E-state index is 12.2. The molecule has 1 aromatic carbocycles. The highest BCUT2D eigenvalue weighted by atomic mass is 31.0. The molecule has 5 nitrogen and oxygen atoms in total. The van der Waals surface area contributed by atoms with Gasteiger partial charge in [0.1, 0.15) is 5.75 Å². The number of benzene rings is 1. The van der Waals surface area contributed by atoms with Crippen molar-refractivity contribution < 1.29 is 19.2 Å². The van der Waals surface area contributed by atoms with Crippen LogP contribution in [0.1, 0.15) is 40.5 Å². The van der Waals surface area contributed by atoms with Gasteiger partial charge < -0.3 is 19.7 Å². The van der Waals surface area contributed by atoms with Crippen LogP contribution in [0.2, 0.25) is 0 Å². The number of aliphatic hydroxyl groups is 1. The van der Waals surface area contributed by atoms with Crippen molar-refractivity contribution in [3.05, 3.63) is 24.3 Å². The van der Waals surface area contributed by atoms with Crippen molar-refractivity contribution >= 4 is 21.1 Å². The van der Waals surface area contributed by atoms with Gasteiger partial charge in [-0.2, -0.15) is 0 Å². The molecule has 126 valence electrons. The van der Waals surface area contributed by atoms with Crippen molar-refractivity contribution in [1.82, 2.24) is 0 Å². The largest absolute Gasteiger partial charge is 0.475 e. The molecule has 0 spiro atoms. The van der Waals surface area contributed by atoms with Crippen molar-refractivity contribution in [3.8, 4) is 5.75 Å². The van der Waals surface area contributed by atoms with Crippen LogP contribution in [0.4, 0.5) is 5.69 Å². The second-order valence-corrected chi connectivity index (χ2v) is 4.47. The molecular weight excluding hydrogens is 301 g/mol. The van der Waals surface area contributed by atoms with E-state index in [0.29, 0.717) is 24.5 Å². The van der Waals surface area contributed by atoms with Gasteiger partial charge >= 0.3 is 0 Å². The maximum Gasteiger partial charge on any atom is 0.268 e. The molecule has 22 heavy (non-hydrogen) atoms. The zero-order valence-electron chi connectivity index (χ0n) is 13.9. The molecule has 1 heterocycles. The first kappa shape index (κ1) is 20.8. The molecule has 0 saturated carbocycles. The standard InChI is InChI=1S/C12H16NO4P.2C2H6/c14-7-5-12(6-8-16-18)11(15)13-9-3-1-2-4-10(9)17-12;2*1-2/h1-4,14H,5-8,18H2,(H,13,15);2*1-2H3. The first-order valence-electron chi connectivity index (χ1n) is 7.74. The lowest BCUT2D eigenvalue weighted by Crippen LogP contribution is -2.52. The van der Waals surface area contributed by atoms with Gasteiger partial charge in [-0.25, -0.2) is 0 Å². The molecule has 0 aromatic heterocycles. The number of carbonyl (C=O) groups is 1. The summed E-state index contributed by atoms with van der Waals surface area (Å²) in [5, 5.41) is 11.9. The van der Waals surface area contributed by atoms with Crippen molar-refractivity contribution in [2.24, 2.45) is 0 Å². The topological polar surface area (TPSA) is 67.8 Å². The van der Waals surface area contributed by atoms with Crippen LogP contribution in [0.25, 0.3) is 0 Å². The molecule has 2 N–H and O–H groups in total. The number of amides is 1. The van der Waals surface area contributed by atoms with Gasteiger partial charge in [-0.05, 0) is 12.1 Å². The van der Waals surface area contributed by atoms with Crippen LogP contribution in [-0.4, -0.2) is 29.8 Å². The zero-order chi connectivity index (χ0) is 17.0. The van der Waals surface area contributed by atoms with Gasteiger partial charge in [-0.3, -0.25) is 4.79 Å². The third-order valence-corrected chi connectivity index (χ3v) is 3.23. The van der Waals surface area contributed by atoms with Gasteiger partial charge in [0.15, 0.2) is 5.60 Å². The molecule has 1 aromatic rings. The van der Waals surface area contributed by atoms with Crippen LogP contribution in [0, 0.1) is 0 Å². The van der Waals surface area contributed by atoms with E-state index in [0.717, 1.165) is 0 Å². The number of anilines is 1. The number of nitrogens with one attached hydrogen (secondary N) is 1. The number of carbonyl (C=O) groups excluding carboxylic acids is 1. The SMILES string of the molecule is CC.CC.O=C1Nc2ccccc2OC1(CCO)CCOP. The highest BCUT2D eigenvalue weighted by Crippen LogP contribution is 2.36. The van der Waals surface area contributed by atoms with Gasteiger partial charge in [-0.15, -0.1) is 0 Å². The predicted molar refractivity (Wildman–Crippen MR) is 93.1 cm³/mol. The first-order valence-corrected chi connectivity index (χ1v) is 8.21. The van der Waals surface area contributed by atoms with Crippen LogP contribution in [0.3, 0.4) is 0 Å². The summed E-state index contributed by atoms with van der Waals surface area (Å²) in [5.41, 5.74) is -0.400. The Morgan fingerprint density at radius 1 is 1.23 bits per heavy atom. The van der Waals surface area contributed by atoms with E-state index in [1.807, 2.05) is 39.8 Å². The highest BCUT2D eigenvalue weighted by Gasteiger charge is 2.43. The number of ether oxygens (including phenoxy) is 1. The van der Waals surface area contributed by atoms with E-state index in [2.05, 4.69) is 14.8 Å². The lowest BCUT2D eigenvalue weighted by molar-refractivity contribution is -0.135. The third-order valence-electron chi connectivity index (χ3n) is 2.99. The summed E-state index contributed by atoms with van der Waals surface area (Å²) in [6.07, 6.45) is 0.623. The Balaban J connectivity index is 0.00000102. The molecule has 1 amide bonds. The van der Waals surface area contributed by atoms with Crippen molar-refractivity contribution in [3.63, 3.8) is 0 Å². The Morgan fingerprint density at radius 2 is 1.86 bits per heavy atom. The van der Waals surface area contributed by atoms with Crippen molar-refractivity contribution in [2.75, 3.05) is 18.5 Å². The smallest absolute Gasteiger partial charge is 0.268 e. The molecule has 6 heteroatoms. The fourth-order valence-corrected chi connectivity index (χ4v) is 2.13. The minimum Gasteiger partial charge on any atom is -0.475 e. The third kappa shape index (κ3) is 5.24. The number of hydrogen-bond donors (Lipinski definition) is 2. The van der Waals surface area contributed by atoms with Gasteiger partial charge in [0.05, 0.1) is 12.3 Å².